The van der Waals surface area contributed by atoms with Crippen LogP contribution in [0.15, 0.2) is 60.7 Å². The zero-order chi connectivity index (χ0) is 21.8. The molecule has 7 heteroatoms. The van der Waals surface area contributed by atoms with E-state index in [0.717, 1.165) is 39.4 Å². The number of fused-ring (bicyclic) bond motifs is 1. The first-order valence-electron chi connectivity index (χ1n) is 9.94. The fourth-order valence-corrected chi connectivity index (χ4v) is 4.60. The average molecular weight is 471 g/mol. The van der Waals surface area contributed by atoms with Gasteiger partial charge in [-0.3, -0.25) is 4.79 Å². The van der Waals surface area contributed by atoms with Crippen molar-refractivity contribution in [1.82, 2.24) is 4.98 Å². The molecule has 31 heavy (non-hydrogen) atoms. The highest BCUT2D eigenvalue weighted by Gasteiger charge is 2.15. The molecule has 0 aliphatic rings. The standard InChI is InChI=1S/C24H20Cl2N2O2S/c1-2-3-12-30-16-10-8-15(9-11-16)23(29)27-21-13-17(18(25)14-19(21)26)24-28-20-6-4-5-7-22(20)31-24/h4-11,13-14H,2-3,12H2,1H3,(H,27,29). The van der Waals surface area contributed by atoms with Crippen LogP contribution < -0.4 is 10.1 Å². The Morgan fingerprint density at radius 3 is 2.58 bits per heavy atom. The van der Waals surface area contributed by atoms with Crippen LogP contribution >= 0.6 is 34.5 Å². The van der Waals surface area contributed by atoms with Crippen LogP contribution in [0.25, 0.3) is 20.8 Å². The number of para-hydroxylation sites is 1. The number of hydrogen-bond acceptors (Lipinski definition) is 4. The van der Waals surface area contributed by atoms with Crippen molar-refractivity contribution in [3.8, 4) is 16.3 Å². The molecule has 1 heterocycles. The van der Waals surface area contributed by atoms with Gasteiger partial charge in [-0.05, 0) is 55.0 Å². The second-order valence-electron chi connectivity index (χ2n) is 6.98. The summed E-state index contributed by atoms with van der Waals surface area (Å²) in [4.78, 5) is 17.4. The minimum Gasteiger partial charge on any atom is -0.494 e. The smallest absolute Gasteiger partial charge is 0.255 e. The number of halogens is 2. The number of nitrogens with zero attached hydrogens (tertiary/aromatic N) is 1. The third kappa shape index (κ3) is 5.01. The van der Waals surface area contributed by atoms with E-state index in [9.17, 15) is 4.79 Å². The van der Waals surface area contributed by atoms with Gasteiger partial charge in [-0.15, -0.1) is 11.3 Å². The number of amides is 1. The average Bonchev–Trinajstić information content (AvgIpc) is 3.20. The number of rotatable bonds is 7. The Morgan fingerprint density at radius 2 is 1.84 bits per heavy atom. The number of benzene rings is 3. The molecule has 3 aromatic carbocycles. The predicted molar refractivity (Wildman–Crippen MR) is 130 cm³/mol. The molecule has 4 aromatic rings. The van der Waals surface area contributed by atoms with Crippen LogP contribution in [0.3, 0.4) is 0 Å². The van der Waals surface area contributed by atoms with E-state index in [-0.39, 0.29) is 5.91 Å². The minimum atomic E-state index is -0.264. The van der Waals surface area contributed by atoms with Crippen molar-refractivity contribution >= 4 is 56.3 Å². The summed E-state index contributed by atoms with van der Waals surface area (Å²) in [6, 6.07) is 18.3. The number of unbranched alkanes of at least 4 members (excludes halogenated alkanes) is 1. The van der Waals surface area contributed by atoms with Crippen molar-refractivity contribution in [3.05, 3.63) is 76.3 Å². The maximum Gasteiger partial charge on any atom is 0.255 e. The monoisotopic (exact) mass is 470 g/mol. The maximum absolute atomic E-state index is 12.8. The van der Waals surface area contributed by atoms with E-state index < -0.39 is 0 Å². The maximum atomic E-state index is 12.8. The fraction of sp³-hybridized carbons (Fsp3) is 0.167. The molecule has 158 valence electrons. The molecule has 0 atom stereocenters. The molecule has 0 fully saturated rings. The molecule has 0 aliphatic heterocycles. The molecule has 0 bridgehead atoms. The summed E-state index contributed by atoms with van der Waals surface area (Å²) in [5.74, 6) is 0.479. The molecule has 0 unspecified atom stereocenters. The molecule has 4 rings (SSSR count). The van der Waals surface area contributed by atoms with Crippen LogP contribution in [0.5, 0.6) is 5.75 Å². The van der Waals surface area contributed by atoms with Gasteiger partial charge in [0.2, 0.25) is 0 Å². The van der Waals surface area contributed by atoms with Crippen LogP contribution in [-0.2, 0) is 0 Å². The summed E-state index contributed by atoms with van der Waals surface area (Å²) in [5, 5.41) is 4.49. The summed E-state index contributed by atoms with van der Waals surface area (Å²) >= 11 is 14.3. The Bertz CT molecular complexity index is 1190. The molecular formula is C24H20Cl2N2O2S. The van der Waals surface area contributed by atoms with E-state index >= 15 is 0 Å². The highest BCUT2D eigenvalue weighted by atomic mass is 35.5. The van der Waals surface area contributed by atoms with Crippen LogP contribution in [0.4, 0.5) is 5.69 Å². The van der Waals surface area contributed by atoms with Crippen molar-refractivity contribution < 1.29 is 9.53 Å². The van der Waals surface area contributed by atoms with Gasteiger partial charge in [0.1, 0.15) is 10.8 Å². The van der Waals surface area contributed by atoms with Crippen LogP contribution in [0.1, 0.15) is 30.1 Å². The molecule has 0 aliphatic carbocycles. The van der Waals surface area contributed by atoms with E-state index in [1.165, 1.54) is 11.3 Å². The number of ether oxygens (including phenoxy) is 1. The first-order chi connectivity index (χ1) is 15.0. The number of thiazole rings is 1. The lowest BCUT2D eigenvalue weighted by molar-refractivity contribution is 0.102. The van der Waals surface area contributed by atoms with Gasteiger partial charge in [0, 0.05) is 11.1 Å². The lowest BCUT2D eigenvalue weighted by Gasteiger charge is -2.11. The Balaban J connectivity index is 1.55. The van der Waals surface area contributed by atoms with E-state index in [1.807, 2.05) is 24.3 Å². The fourth-order valence-electron chi connectivity index (χ4n) is 3.03. The van der Waals surface area contributed by atoms with Crippen molar-refractivity contribution in [2.45, 2.75) is 19.8 Å². The van der Waals surface area contributed by atoms with Gasteiger partial charge in [-0.1, -0.05) is 48.7 Å². The van der Waals surface area contributed by atoms with Gasteiger partial charge in [0.25, 0.3) is 5.91 Å². The lowest BCUT2D eigenvalue weighted by atomic mass is 10.1. The number of nitrogens with one attached hydrogen (secondary N) is 1. The van der Waals surface area contributed by atoms with E-state index in [1.54, 1.807) is 36.4 Å². The quantitative estimate of drug-likeness (QED) is 0.281. The van der Waals surface area contributed by atoms with Gasteiger partial charge >= 0.3 is 0 Å². The molecule has 0 saturated heterocycles. The van der Waals surface area contributed by atoms with Crippen molar-refractivity contribution in [3.63, 3.8) is 0 Å². The van der Waals surface area contributed by atoms with Gasteiger partial charge in [0.15, 0.2) is 0 Å². The molecule has 1 N–H and O–H groups in total. The van der Waals surface area contributed by atoms with Crippen molar-refractivity contribution in [2.24, 2.45) is 0 Å². The zero-order valence-electron chi connectivity index (χ0n) is 16.8. The molecule has 0 spiro atoms. The number of carbonyl (C=O) groups excluding carboxylic acids is 1. The molecule has 1 aromatic heterocycles. The van der Waals surface area contributed by atoms with Gasteiger partial charge in [0.05, 0.1) is 32.6 Å². The van der Waals surface area contributed by atoms with E-state index in [4.69, 9.17) is 27.9 Å². The predicted octanol–water partition coefficient (Wildman–Crippen LogP) is 7.70. The van der Waals surface area contributed by atoms with Gasteiger partial charge in [-0.25, -0.2) is 4.98 Å². The highest BCUT2D eigenvalue weighted by Crippen LogP contribution is 2.39. The largest absolute Gasteiger partial charge is 0.494 e. The molecule has 4 nitrogen and oxygen atoms in total. The zero-order valence-corrected chi connectivity index (χ0v) is 19.2. The second-order valence-corrected chi connectivity index (χ2v) is 8.82. The molecule has 1 amide bonds. The van der Waals surface area contributed by atoms with Crippen molar-refractivity contribution in [2.75, 3.05) is 11.9 Å². The number of carbonyl (C=O) groups is 1. The normalized spacial score (nSPS) is 10.9. The van der Waals surface area contributed by atoms with E-state index in [2.05, 4.69) is 17.2 Å². The summed E-state index contributed by atoms with van der Waals surface area (Å²) in [6.45, 7) is 2.78. The summed E-state index contributed by atoms with van der Waals surface area (Å²) in [5.41, 5.74) is 2.62. The van der Waals surface area contributed by atoms with Crippen LogP contribution in [-0.4, -0.2) is 17.5 Å². The summed E-state index contributed by atoms with van der Waals surface area (Å²) in [6.07, 6.45) is 2.07. The van der Waals surface area contributed by atoms with Crippen LogP contribution in [0, 0.1) is 0 Å². The number of anilines is 1. The van der Waals surface area contributed by atoms with Crippen LogP contribution in [0.2, 0.25) is 10.0 Å². The molecular weight excluding hydrogens is 451 g/mol. The first-order valence-corrected chi connectivity index (χ1v) is 11.5. The Kier molecular flexibility index (Phi) is 6.76. The highest BCUT2D eigenvalue weighted by molar-refractivity contribution is 7.21. The first kappa shape index (κ1) is 21.6. The van der Waals surface area contributed by atoms with E-state index in [0.29, 0.717) is 27.9 Å². The SMILES string of the molecule is CCCCOc1ccc(C(=O)Nc2cc(-c3nc4ccccc4s3)c(Cl)cc2Cl)cc1. The minimum absolute atomic E-state index is 0.264. The summed E-state index contributed by atoms with van der Waals surface area (Å²) in [7, 11) is 0. The Morgan fingerprint density at radius 1 is 1.06 bits per heavy atom. The number of hydrogen-bond donors (Lipinski definition) is 1. The number of aromatic nitrogens is 1. The topological polar surface area (TPSA) is 51.2 Å². The van der Waals surface area contributed by atoms with Gasteiger partial charge in [-0.2, -0.15) is 0 Å². The summed E-state index contributed by atoms with van der Waals surface area (Å²) < 4.78 is 6.71. The van der Waals surface area contributed by atoms with Crippen molar-refractivity contribution in [1.29, 1.82) is 0 Å². The lowest BCUT2D eigenvalue weighted by Crippen LogP contribution is -2.12. The third-order valence-corrected chi connectivity index (χ3v) is 6.41. The van der Waals surface area contributed by atoms with Gasteiger partial charge < -0.3 is 10.1 Å². The Hall–Kier alpha value is -2.60. The molecule has 0 radical (unpaired) electrons. The Labute approximate surface area is 194 Å². The second kappa shape index (κ2) is 9.69. The third-order valence-electron chi connectivity index (χ3n) is 4.71. The molecule has 0 saturated carbocycles.